The maximum atomic E-state index is 13.8. The SMILES string of the molecule is CCOC(=O)C1=C(C)N=c2sc(=Cc3ccc(-c4cccc(C(=O)O)c4)o3)c(=O)n2C1c1ccccc1OC. The van der Waals surface area contributed by atoms with Gasteiger partial charge in [-0.1, -0.05) is 41.7 Å². The first-order chi connectivity index (χ1) is 18.8. The van der Waals surface area contributed by atoms with E-state index in [-0.39, 0.29) is 23.3 Å². The van der Waals surface area contributed by atoms with Crippen molar-refractivity contribution in [2.45, 2.75) is 19.9 Å². The number of carbonyl (C=O) groups excluding carboxylic acids is 1. The molecule has 2 aromatic carbocycles. The van der Waals surface area contributed by atoms with E-state index in [0.717, 1.165) is 0 Å². The normalized spacial score (nSPS) is 15.1. The van der Waals surface area contributed by atoms with Crippen molar-refractivity contribution >= 4 is 29.4 Å². The fraction of sp³-hybridized carbons (Fsp3) is 0.172. The third kappa shape index (κ3) is 4.82. The van der Waals surface area contributed by atoms with Crippen LogP contribution in [0.1, 0.15) is 41.6 Å². The van der Waals surface area contributed by atoms with E-state index >= 15 is 0 Å². The molecule has 3 heterocycles. The molecule has 1 aliphatic rings. The van der Waals surface area contributed by atoms with Crippen LogP contribution in [0.5, 0.6) is 5.75 Å². The second-order valence-corrected chi connectivity index (χ2v) is 9.64. The minimum atomic E-state index is -1.04. The summed E-state index contributed by atoms with van der Waals surface area (Å²) in [4.78, 5) is 43.2. The van der Waals surface area contributed by atoms with E-state index in [1.807, 2.05) is 18.2 Å². The summed E-state index contributed by atoms with van der Waals surface area (Å²) in [7, 11) is 1.53. The van der Waals surface area contributed by atoms with Crippen molar-refractivity contribution in [1.82, 2.24) is 4.57 Å². The first-order valence-electron chi connectivity index (χ1n) is 12.1. The Labute approximate surface area is 226 Å². The molecule has 1 unspecified atom stereocenters. The maximum absolute atomic E-state index is 13.8. The number of hydrogen-bond donors (Lipinski definition) is 1. The number of nitrogens with zero attached hydrogens (tertiary/aromatic N) is 2. The van der Waals surface area contributed by atoms with E-state index in [2.05, 4.69) is 4.99 Å². The predicted octanol–water partition coefficient (Wildman–Crippen LogP) is 3.77. The first kappa shape index (κ1) is 25.9. The third-order valence-corrected chi connectivity index (χ3v) is 7.23. The van der Waals surface area contributed by atoms with Gasteiger partial charge in [0, 0.05) is 17.2 Å². The average Bonchev–Trinajstić information content (AvgIpc) is 3.52. The molecule has 39 heavy (non-hydrogen) atoms. The highest BCUT2D eigenvalue weighted by Gasteiger charge is 2.35. The highest BCUT2D eigenvalue weighted by Crippen LogP contribution is 2.35. The Hall–Kier alpha value is -4.70. The molecule has 198 valence electrons. The zero-order valence-corrected chi connectivity index (χ0v) is 22.2. The third-order valence-electron chi connectivity index (χ3n) is 6.24. The maximum Gasteiger partial charge on any atom is 0.338 e. The Balaban J connectivity index is 1.64. The fourth-order valence-corrected chi connectivity index (χ4v) is 5.53. The number of ether oxygens (including phenoxy) is 2. The molecule has 5 rings (SSSR count). The predicted molar refractivity (Wildman–Crippen MR) is 144 cm³/mol. The lowest BCUT2D eigenvalue weighted by Crippen LogP contribution is -2.40. The summed E-state index contributed by atoms with van der Waals surface area (Å²) in [5.41, 5.74) is 1.73. The van der Waals surface area contributed by atoms with Gasteiger partial charge in [0.2, 0.25) is 0 Å². The average molecular weight is 545 g/mol. The largest absolute Gasteiger partial charge is 0.496 e. The number of methoxy groups -OCH3 is 1. The second-order valence-electron chi connectivity index (χ2n) is 8.63. The quantitative estimate of drug-likeness (QED) is 0.352. The summed E-state index contributed by atoms with van der Waals surface area (Å²) >= 11 is 1.17. The van der Waals surface area contributed by atoms with Crippen molar-refractivity contribution in [2.24, 2.45) is 4.99 Å². The number of carbonyl (C=O) groups is 2. The molecule has 4 aromatic rings. The van der Waals surface area contributed by atoms with Gasteiger partial charge in [-0.3, -0.25) is 9.36 Å². The molecule has 2 aromatic heterocycles. The Morgan fingerprint density at radius 2 is 1.95 bits per heavy atom. The molecule has 0 saturated carbocycles. The molecular weight excluding hydrogens is 520 g/mol. The molecule has 0 bridgehead atoms. The van der Waals surface area contributed by atoms with Gasteiger partial charge >= 0.3 is 11.9 Å². The number of para-hydroxylation sites is 1. The number of furan rings is 1. The minimum absolute atomic E-state index is 0.142. The van der Waals surface area contributed by atoms with Crippen LogP contribution in [0.2, 0.25) is 0 Å². The number of hydrogen-bond acceptors (Lipinski definition) is 8. The van der Waals surface area contributed by atoms with E-state index in [9.17, 15) is 19.5 Å². The van der Waals surface area contributed by atoms with Gasteiger partial charge in [0.15, 0.2) is 4.80 Å². The minimum Gasteiger partial charge on any atom is -0.496 e. The Morgan fingerprint density at radius 1 is 1.15 bits per heavy atom. The van der Waals surface area contributed by atoms with E-state index < -0.39 is 18.0 Å². The molecule has 1 aliphatic heterocycles. The Morgan fingerprint density at radius 3 is 2.69 bits per heavy atom. The van der Waals surface area contributed by atoms with E-state index in [1.165, 1.54) is 35.1 Å². The molecule has 0 spiro atoms. The summed E-state index contributed by atoms with van der Waals surface area (Å²) in [5.74, 6) is -0.196. The zero-order valence-electron chi connectivity index (χ0n) is 21.3. The van der Waals surface area contributed by atoms with Gasteiger partial charge in [0.05, 0.1) is 35.1 Å². The molecule has 0 fully saturated rings. The molecule has 0 aliphatic carbocycles. The number of esters is 1. The number of carboxylic acid groups (broad SMARTS) is 1. The van der Waals surface area contributed by atoms with Crippen molar-refractivity contribution in [1.29, 1.82) is 0 Å². The van der Waals surface area contributed by atoms with Crippen LogP contribution >= 0.6 is 11.3 Å². The molecular formula is C29H24N2O7S. The first-order valence-corrected chi connectivity index (χ1v) is 12.9. The smallest absolute Gasteiger partial charge is 0.338 e. The summed E-state index contributed by atoms with van der Waals surface area (Å²) in [6.45, 7) is 3.61. The van der Waals surface area contributed by atoms with Crippen LogP contribution in [0.4, 0.5) is 0 Å². The van der Waals surface area contributed by atoms with Crippen molar-refractivity contribution in [2.75, 3.05) is 13.7 Å². The highest BCUT2D eigenvalue weighted by atomic mass is 32.1. The molecule has 10 heteroatoms. The molecule has 0 radical (unpaired) electrons. The van der Waals surface area contributed by atoms with Crippen molar-refractivity contribution in [3.8, 4) is 17.1 Å². The highest BCUT2D eigenvalue weighted by molar-refractivity contribution is 7.07. The van der Waals surface area contributed by atoms with Gasteiger partial charge < -0.3 is 19.0 Å². The molecule has 9 nitrogen and oxygen atoms in total. The van der Waals surface area contributed by atoms with Crippen molar-refractivity contribution < 1.29 is 28.6 Å². The number of aromatic carboxylic acids is 1. The van der Waals surface area contributed by atoms with Gasteiger partial charge in [-0.05, 0) is 44.2 Å². The number of thiazole rings is 1. The van der Waals surface area contributed by atoms with Gasteiger partial charge in [-0.2, -0.15) is 0 Å². The number of carboxylic acids is 1. The molecule has 1 atom stereocenters. The lowest BCUT2D eigenvalue weighted by Gasteiger charge is -2.25. The number of rotatable bonds is 7. The standard InChI is InChI=1S/C29H24N2O7S/c1-4-37-28(35)24-16(2)30-29-31(25(24)20-10-5-6-11-22(20)36-3)26(32)23(39-29)15-19-12-13-21(38-19)17-8-7-9-18(14-17)27(33)34/h5-15,25H,4H2,1-3H3,(H,33,34). The Kier molecular flexibility index (Phi) is 7.03. The van der Waals surface area contributed by atoms with Crippen LogP contribution in [0.25, 0.3) is 17.4 Å². The van der Waals surface area contributed by atoms with Crippen molar-refractivity contribution in [3.63, 3.8) is 0 Å². The summed E-state index contributed by atoms with van der Waals surface area (Å²) in [6.07, 6.45) is 1.61. The summed E-state index contributed by atoms with van der Waals surface area (Å²) in [6, 6.07) is 16.2. The van der Waals surface area contributed by atoms with Gasteiger partial charge in [-0.15, -0.1) is 0 Å². The van der Waals surface area contributed by atoms with Crippen LogP contribution in [0.3, 0.4) is 0 Å². The number of allylic oxidation sites excluding steroid dienone is 1. The zero-order chi connectivity index (χ0) is 27.7. The number of aromatic nitrogens is 1. The van der Waals surface area contributed by atoms with Crippen molar-refractivity contribution in [3.05, 3.63) is 109 Å². The summed E-state index contributed by atoms with van der Waals surface area (Å²) in [5, 5.41) is 9.28. The van der Waals surface area contributed by atoms with Crippen LogP contribution in [-0.2, 0) is 9.53 Å². The van der Waals surface area contributed by atoms with Gasteiger partial charge in [0.1, 0.15) is 23.3 Å². The van der Waals surface area contributed by atoms with Crippen LogP contribution in [-0.4, -0.2) is 35.3 Å². The van der Waals surface area contributed by atoms with Gasteiger partial charge in [0.25, 0.3) is 5.56 Å². The number of fused-ring (bicyclic) bond motifs is 1. The topological polar surface area (TPSA) is 120 Å². The van der Waals surface area contributed by atoms with Crippen LogP contribution in [0, 0.1) is 0 Å². The monoisotopic (exact) mass is 544 g/mol. The second kappa shape index (κ2) is 10.6. The summed E-state index contributed by atoms with van der Waals surface area (Å²) < 4.78 is 18.7. The van der Waals surface area contributed by atoms with E-state index in [4.69, 9.17) is 13.9 Å². The lowest BCUT2D eigenvalue weighted by molar-refractivity contribution is -0.139. The molecule has 1 N–H and O–H groups in total. The number of benzene rings is 2. The van der Waals surface area contributed by atoms with Crippen LogP contribution in [0.15, 0.2) is 86.1 Å². The Bertz CT molecular complexity index is 1810. The van der Waals surface area contributed by atoms with Crippen LogP contribution < -0.4 is 19.6 Å². The lowest BCUT2D eigenvalue weighted by atomic mass is 9.95. The molecule has 0 saturated heterocycles. The van der Waals surface area contributed by atoms with Gasteiger partial charge in [-0.25, -0.2) is 14.6 Å². The van der Waals surface area contributed by atoms with E-state index in [1.54, 1.807) is 50.3 Å². The molecule has 0 amide bonds. The van der Waals surface area contributed by atoms with E-state index in [0.29, 0.717) is 43.4 Å². The fourth-order valence-electron chi connectivity index (χ4n) is 4.50.